The molecule has 2 bridgehead atoms. The molecular formula is C20H18N4O3. The minimum Gasteiger partial charge on any atom is -0.496 e. The van der Waals surface area contributed by atoms with Crippen LogP contribution in [-0.2, 0) is 9.47 Å². The molecule has 3 heterocycles. The summed E-state index contributed by atoms with van der Waals surface area (Å²) in [5.74, 6) is -1.72. The smallest absolute Gasteiger partial charge is 0.218 e. The second kappa shape index (κ2) is 5.71. The van der Waals surface area contributed by atoms with Gasteiger partial charge in [0.1, 0.15) is 11.9 Å². The van der Waals surface area contributed by atoms with Crippen molar-refractivity contribution in [1.82, 2.24) is 0 Å². The number of nitrogens with one attached hydrogen (secondary N) is 1. The highest BCUT2D eigenvalue weighted by Gasteiger charge is 2.80. The predicted octanol–water partition coefficient (Wildman–Crippen LogP) is 3.20. The maximum atomic E-state index is 10.2. The fourth-order valence-electron chi connectivity index (χ4n) is 5.00. The summed E-state index contributed by atoms with van der Waals surface area (Å²) in [5, 5.41) is 39.1. The lowest BCUT2D eigenvalue weighted by Gasteiger charge is -2.63. The van der Waals surface area contributed by atoms with Gasteiger partial charge >= 0.3 is 0 Å². The van der Waals surface area contributed by atoms with Gasteiger partial charge < -0.3 is 14.2 Å². The van der Waals surface area contributed by atoms with Crippen molar-refractivity contribution >= 4 is 5.90 Å². The van der Waals surface area contributed by atoms with Crippen LogP contribution in [0.25, 0.3) is 0 Å². The lowest BCUT2D eigenvalue weighted by atomic mass is 9.48. The number of nitriles is 3. The van der Waals surface area contributed by atoms with E-state index in [1.165, 1.54) is 7.11 Å². The van der Waals surface area contributed by atoms with E-state index in [1.54, 1.807) is 24.3 Å². The Morgan fingerprint density at radius 1 is 1.15 bits per heavy atom. The van der Waals surface area contributed by atoms with Crippen LogP contribution in [0.2, 0.25) is 0 Å². The Morgan fingerprint density at radius 2 is 1.89 bits per heavy atom. The van der Waals surface area contributed by atoms with Crippen LogP contribution in [0.5, 0.6) is 5.75 Å². The van der Waals surface area contributed by atoms with E-state index in [4.69, 9.17) is 19.6 Å². The fraction of sp³-hybridized carbons (Fsp3) is 0.500. The molecule has 3 saturated heterocycles. The Balaban J connectivity index is 2.03. The van der Waals surface area contributed by atoms with Crippen LogP contribution in [0.1, 0.15) is 37.4 Å². The molecule has 1 spiro atoms. The van der Waals surface area contributed by atoms with Crippen molar-refractivity contribution in [2.45, 2.75) is 37.6 Å². The molecular weight excluding hydrogens is 344 g/mol. The van der Waals surface area contributed by atoms with Gasteiger partial charge in [0, 0.05) is 12.0 Å². The Hall–Kier alpha value is -3.08. The van der Waals surface area contributed by atoms with Gasteiger partial charge in [0.25, 0.3) is 0 Å². The number of hydrogen-bond acceptors (Lipinski definition) is 7. The summed E-state index contributed by atoms with van der Waals surface area (Å²) in [6.07, 6.45) is 1.62. The van der Waals surface area contributed by atoms with E-state index in [0.29, 0.717) is 24.2 Å². The number of hydrogen-bond donors (Lipinski definition) is 1. The molecule has 1 aromatic rings. The standard InChI is InChI=1S/C20H18N4O3/c1-25-14-7-3-2-6-13(14)16-19(12-23)17(24)27-20(26-16)9-5-4-8-15(20)18(19,10-21)11-22/h2-3,6-7,15-16,24H,4-5,8-9H2,1H3/t15-,16-,19-,20+/m1/s1. The summed E-state index contributed by atoms with van der Waals surface area (Å²) in [4.78, 5) is 0. The summed E-state index contributed by atoms with van der Waals surface area (Å²) >= 11 is 0. The van der Waals surface area contributed by atoms with E-state index in [0.717, 1.165) is 12.8 Å². The Morgan fingerprint density at radius 3 is 2.56 bits per heavy atom. The topological polar surface area (TPSA) is 123 Å². The number of rotatable bonds is 2. The molecule has 1 aliphatic carbocycles. The first-order valence-corrected chi connectivity index (χ1v) is 8.88. The Kier molecular flexibility index (Phi) is 3.67. The third-order valence-electron chi connectivity index (χ3n) is 6.24. The first kappa shape index (κ1) is 17.3. The van der Waals surface area contributed by atoms with E-state index in [9.17, 15) is 15.8 Å². The van der Waals surface area contributed by atoms with Crippen LogP contribution in [0.15, 0.2) is 24.3 Å². The molecule has 1 N–H and O–H groups in total. The van der Waals surface area contributed by atoms with Crippen LogP contribution in [-0.4, -0.2) is 18.8 Å². The lowest BCUT2D eigenvalue weighted by Crippen LogP contribution is -2.73. The second-order valence-electron chi connectivity index (χ2n) is 7.23. The number of nitrogens with zero attached hydrogens (tertiary/aromatic N) is 3. The molecule has 4 fully saturated rings. The zero-order valence-electron chi connectivity index (χ0n) is 14.9. The Labute approximate surface area is 157 Å². The van der Waals surface area contributed by atoms with Gasteiger partial charge in [-0.1, -0.05) is 24.6 Å². The average molecular weight is 362 g/mol. The molecule has 7 heteroatoms. The summed E-state index contributed by atoms with van der Waals surface area (Å²) in [5.41, 5.74) is -3.07. The Bertz CT molecular complexity index is 926. The van der Waals surface area contributed by atoms with Gasteiger partial charge in [0.2, 0.25) is 11.7 Å². The number of ether oxygens (including phenoxy) is 3. The largest absolute Gasteiger partial charge is 0.496 e. The fourth-order valence-corrected chi connectivity index (χ4v) is 5.00. The van der Waals surface area contributed by atoms with Crippen LogP contribution < -0.4 is 4.74 Å². The van der Waals surface area contributed by atoms with Crippen LogP contribution in [0, 0.1) is 56.2 Å². The summed E-state index contributed by atoms with van der Waals surface area (Å²) in [6.45, 7) is 0. The maximum absolute atomic E-state index is 10.2. The number of benzene rings is 1. The van der Waals surface area contributed by atoms with Gasteiger partial charge in [-0.15, -0.1) is 0 Å². The van der Waals surface area contributed by atoms with E-state index in [-0.39, 0.29) is 5.90 Å². The van der Waals surface area contributed by atoms with Crippen molar-refractivity contribution in [2.75, 3.05) is 7.11 Å². The third-order valence-corrected chi connectivity index (χ3v) is 6.24. The molecule has 1 aromatic carbocycles. The monoisotopic (exact) mass is 362 g/mol. The number of methoxy groups -OCH3 is 1. The van der Waals surface area contributed by atoms with Crippen molar-refractivity contribution in [3.05, 3.63) is 29.8 Å². The summed E-state index contributed by atoms with van der Waals surface area (Å²) in [6, 6.07) is 13.4. The number of fused-ring (bicyclic) bond motifs is 2. The van der Waals surface area contributed by atoms with Crippen molar-refractivity contribution in [1.29, 1.82) is 21.2 Å². The second-order valence-corrected chi connectivity index (χ2v) is 7.23. The lowest BCUT2D eigenvalue weighted by molar-refractivity contribution is -0.360. The zero-order valence-corrected chi connectivity index (χ0v) is 14.9. The molecule has 0 unspecified atom stereocenters. The molecule has 27 heavy (non-hydrogen) atoms. The van der Waals surface area contributed by atoms with E-state index < -0.39 is 28.6 Å². The molecule has 0 aromatic heterocycles. The van der Waals surface area contributed by atoms with Crippen LogP contribution >= 0.6 is 0 Å². The van der Waals surface area contributed by atoms with Gasteiger partial charge in [-0.25, -0.2) is 0 Å². The first-order valence-electron chi connectivity index (χ1n) is 8.88. The molecule has 5 rings (SSSR count). The predicted molar refractivity (Wildman–Crippen MR) is 92.0 cm³/mol. The molecule has 3 aliphatic heterocycles. The summed E-state index contributed by atoms with van der Waals surface area (Å²) in [7, 11) is 1.50. The highest BCUT2D eigenvalue weighted by molar-refractivity contribution is 5.89. The van der Waals surface area contributed by atoms with Gasteiger partial charge in [-0.3, -0.25) is 5.41 Å². The number of para-hydroxylation sites is 1. The van der Waals surface area contributed by atoms with Crippen LogP contribution in [0.3, 0.4) is 0 Å². The minimum absolute atomic E-state index is 0.367. The highest BCUT2D eigenvalue weighted by Crippen LogP contribution is 2.69. The quantitative estimate of drug-likeness (QED) is 0.861. The highest BCUT2D eigenvalue weighted by atomic mass is 16.7. The van der Waals surface area contributed by atoms with Gasteiger partial charge in [-0.2, -0.15) is 15.8 Å². The summed E-state index contributed by atoms with van der Waals surface area (Å²) < 4.78 is 17.6. The van der Waals surface area contributed by atoms with E-state index in [1.807, 2.05) is 0 Å². The first-order chi connectivity index (χ1) is 13.0. The van der Waals surface area contributed by atoms with Gasteiger partial charge in [0.05, 0.1) is 31.2 Å². The molecule has 1 saturated carbocycles. The minimum atomic E-state index is -1.87. The third kappa shape index (κ3) is 1.84. The molecule has 136 valence electrons. The van der Waals surface area contributed by atoms with Gasteiger partial charge in [-0.05, 0) is 18.9 Å². The van der Waals surface area contributed by atoms with Crippen LogP contribution in [0.4, 0.5) is 0 Å². The van der Waals surface area contributed by atoms with Crippen molar-refractivity contribution in [3.8, 4) is 24.0 Å². The van der Waals surface area contributed by atoms with E-state index in [2.05, 4.69) is 18.2 Å². The molecule has 7 nitrogen and oxygen atoms in total. The molecule has 4 atom stereocenters. The SMILES string of the molecule is COc1ccccc1[C@H]1O[C@]23CCCC[C@@H]2C(C#N)(C#N)[C@@]1(C#N)C(=N)O3. The van der Waals surface area contributed by atoms with Crippen molar-refractivity contribution in [2.24, 2.45) is 16.7 Å². The zero-order chi connectivity index (χ0) is 19.3. The molecule has 0 amide bonds. The molecule has 0 radical (unpaired) electrons. The maximum Gasteiger partial charge on any atom is 0.218 e. The van der Waals surface area contributed by atoms with Crippen molar-refractivity contribution in [3.63, 3.8) is 0 Å². The average Bonchev–Trinajstić information content (AvgIpc) is 2.71. The molecule has 4 aliphatic rings. The van der Waals surface area contributed by atoms with Gasteiger partial charge in [0.15, 0.2) is 10.8 Å². The normalized spacial score (nSPS) is 35.7. The van der Waals surface area contributed by atoms with Crippen molar-refractivity contribution < 1.29 is 14.2 Å². The van der Waals surface area contributed by atoms with E-state index >= 15 is 0 Å².